The van der Waals surface area contributed by atoms with E-state index in [0.29, 0.717) is 24.6 Å². The van der Waals surface area contributed by atoms with Crippen LogP contribution in [0.4, 0.5) is 0 Å². The first-order valence-electron chi connectivity index (χ1n) is 14.8. The molecule has 6 rings (SSSR count). The van der Waals surface area contributed by atoms with Crippen molar-refractivity contribution in [3.05, 3.63) is 46.3 Å². The molecule has 0 radical (unpaired) electrons. The highest BCUT2D eigenvalue weighted by Gasteiger charge is 2.68. The zero-order chi connectivity index (χ0) is 27.5. The summed E-state index contributed by atoms with van der Waals surface area (Å²) in [6.07, 6.45) is 14.2. The van der Waals surface area contributed by atoms with Crippen LogP contribution in [-0.2, 0) is 9.59 Å². The van der Waals surface area contributed by atoms with E-state index in [2.05, 4.69) is 46.8 Å². The van der Waals surface area contributed by atoms with Gasteiger partial charge in [0.15, 0.2) is 5.76 Å². The third-order valence-electron chi connectivity index (χ3n) is 12.8. The number of ketones is 1. The van der Waals surface area contributed by atoms with Gasteiger partial charge in [0.05, 0.1) is 6.10 Å². The van der Waals surface area contributed by atoms with Crippen molar-refractivity contribution in [1.29, 1.82) is 0 Å². The van der Waals surface area contributed by atoms with Gasteiger partial charge >= 0.3 is 0 Å². The maximum absolute atomic E-state index is 13.7. The van der Waals surface area contributed by atoms with E-state index in [4.69, 9.17) is 0 Å². The minimum atomic E-state index is -0.378. The molecule has 2 N–H and O–H groups in total. The van der Waals surface area contributed by atoms with Crippen LogP contribution in [0.3, 0.4) is 0 Å². The van der Waals surface area contributed by atoms with Gasteiger partial charge in [-0.15, -0.1) is 0 Å². The van der Waals surface area contributed by atoms with E-state index in [-0.39, 0.29) is 50.6 Å². The molecule has 5 aliphatic carbocycles. The molecule has 6 atom stereocenters. The molecule has 4 fully saturated rings. The minimum Gasteiger partial charge on any atom is -0.504 e. The van der Waals surface area contributed by atoms with Gasteiger partial charge in [0.1, 0.15) is 0 Å². The van der Waals surface area contributed by atoms with Gasteiger partial charge in [0.2, 0.25) is 11.7 Å². The first kappa shape index (κ1) is 26.1. The Hall–Kier alpha value is -2.14. The lowest BCUT2D eigenvalue weighted by Crippen LogP contribution is -2.64. The van der Waals surface area contributed by atoms with Crippen molar-refractivity contribution < 1.29 is 19.8 Å². The first-order valence-corrected chi connectivity index (χ1v) is 14.8. The van der Waals surface area contributed by atoms with Gasteiger partial charge in [0, 0.05) is 29.5 Å². The molecule has 0 aromatic heterocycles. The molecule has 0 unspecified atom stereocenters. The van der Waals surface area contributed by atoms with Crippen LogP contribution in [0.1, 0.15) is 92.9 Å². The highest BCUT2D eigenvalue weighted by atomic mass is 16.3. The molecule has 0 aromatic rings. The molecule has 1 saturated heterocycles. The molecular weight excluding hydrogens is 474 g/mol. The number of fused-ring (bicyclic) bond motifs is 7. The quantitative estimate of drug-likeness (QED) is 0.455. The van der Waals surface area contributed by atoms with E-state index in [1.165, 1.54) is 5.57 Å². The van der Waals surface area contributed by atoms with Crippen molar-refractivity contribution in [2.45, 2.75) is 99.0 Å². The number of hydrogen-bond acceptors (Lipinski definition) is 4. The van der Waals surface area contributed by atoms with Gasteiger partial charge in [0.25, 0.3) is 0 Å². The van der Waals surface area contributed by atoms with Crippen LogP contribution in [0.2, 0.25) is 0 Å². The van der Waals surface area contributed by atoms with Crippen LogP contribution in [0.15, 0.2) is 46.3 Å². The summed E-state index contributed by atoms with van der Waals surface area (Å²) in [6, 6.07) is 0. The zero-order valence-corrected chi connectivity index (χ0v) is 24.1. The molecule has 3 saturated carbocycles. The van der Waals surface area contributed by atoms with Crippen LogP contribution >= 0.6 is 0 Å². The standard InChI is InChI=1S/C33H45NO4/c1-7-33-15-13-31(5)23-16-24(36)27(37)20(2)22(23)8-9-25(31)32(33,6)14-12-29(3)10-11-30(4,17-26(29)33)28(38)34-18-21(35)19-34/h8-9,16,21,26,35,37H,7,10-15,17-19H2,1-6H3/t26-,29-,30-,31+,32-,33+/m1/s1. The molecule has 1 amide bonds. The summed E-state index contributed by atoms with van der Waals surface area (Å²) >= 11 is 0. The van der Waals surface area contributed by atoms with Crippen LogP contribution in [0.25, 0.3) is 0 Å². The van der Waals surface area contributed by atoms with E-state index < -0.39 is 0 Å². The molecule has 0 spiro atoms. The van der Waals surface area contributed by atoms with Gasteiger partial charge in [-0.2, -0.15) is 0 Å². The SMILES string of the molecule is CC[C@@]12CC[C@@]3(C)C4=CC(=O)C(O)=C(C)C4=CC=C3[C@@]1(C)CC[C@@]1(C)CC[C@@](C)(C(=O)N3CC(O)C3)C[C@H]12. The Bertz CT molecular complexity index is 1250. The van der Waals surface area contributed by atoms with Gasteiger partial charge in [-0.3, -0.25) is 9.59 Å². The molecule has 5 nitrogen and oxygen atoms in total. The van der Waals surface area contributed by atoms with E-state index in [0.717, 1.165) is 62.5 Å². The van der Waals surface area contributed by atoms with E-state index in [1.807, 2.05) is 11.8 Å². The van der Waals surface area contributed by atoms with Crippen molar-refractivity contribution in [3.63, 3.8) is 0 Å². The van der Waals surface area contributed by atoms with Gasteiger partial charge in [-0.05, 0) is 97.7 Å². The number of aliphatic hydroxyl groups excluding tert-OH is 2. The number of β-amino-alcohol motifs (C(OH)–C–C–N with tert-alkyl or cyclic N) is 1. The van der Waals surface area contributed by atoms with E-state index >= 15 is 0 Å². The fraction of sp³-hybridized carbons (Fsp3) is 0.697. The molecule has 0 aromatic carbocycles. The lowest BCUT2D eigenvalue weighted by atomic mass is 9.33. The van der Waals surface area contributed by atoms with E-state index in [1.54, 1.807) is 6.08 Å². The fourth-order valence-electron chi connectivity index (χ4n) is 10.2. The van der Waals surface area contributed by atoms with Crippen molar-refractivity contribution in [2.24, 2.45) is 33.0 Å². The minimum absolute atomic E-state index is 0.0315. The number of hydrogen-bond donors (Lipinski definition) is 2. The molecule has 38 heavy (non-hydrogen) atoms. The monoisotopic (exact) mass is 519 g/mol. The smallest absolute Gasteiger partial charge is 0.228 e. The Labute approximate surface area is 227 Å². The summed E-state index contributed by atoms with van der Waals surface area (Å²) < 4.78 is 0. The maximum atomic E-state index is 13.7. The molecule has 6 aliphatic rings. The number of rotatable bonds is 2. The van der Waals surface area contributed by atoms with Crippen LogP contribution in [-0.4, -0.2) is 46.0 Å². The van der Waals surface area contributed by atoms with Crippen molar-refractivity contribution in [1.82, 2.24) is 4.90 Å². The largest absolute Gasteiger partial charge is 0.504 e. The Morgan fingerprint density at radius 3 is 2.37 bits per heavy atom. The lowest BCUT2D eigenvalue weighted by Gasteiger charge is -2.71. The first-order chi connectivity index (χ1) is 17.7. The fourth-order valence-corrected chi connectivity index (χ4v) is 10.2. The number of carbonyl (C=O) groups excluding carboxylic acids is 2. The Morgan fingerprint density at radius 2 is 1.71 bits per heavy atom. The number of likely N-dealkylation sites (tertiary alicyclic amines) is 1. The second-order valence-corrected chi connectivity index (χ2v) is 14.6. The Morgan fingerprint density at radius 1 is 1.03 bits per heavy atom. The summed E-state index contributed by atoms with van der Waals surface area (Å²) in [7, 11) is 0. The molecule has 1 aliphatic heterocycles. The predicted octanol–water partition coefficient (Wildman–Crippen LogP) is 6.21. The highest BCUT2D eigenvalue weighted by Crippen LogP contribution is 2.76. The van der Waals surface area contributed by atoms with Crippen molar-refractivity contribution in [2.75, 3.05) is 13.1 Å². The topological polar surface area (TPSA) is 77.8 Å². The van der Waals surface area contributed by atoms with Crippen molar-refractivity contribution >= 4 is 11.7 Å². The molecule has 0 bridgehead atoms. The maximum Gasteiger partial charge on any atom is 0.228 e. The summed E-state index contributed by atoms with van der Waals surface area (Å²) in [5.41, 5.74) is 3.89. The van der Waals surface area contributed by atoms with Crippen LogP contribution in [0.5, 0.6) is 0 Å². The second kappa shape index (κ2) is 7.96. The zero-order valence-electron chi connectivity index (χ0n) is 24.1. The average molecular weight is 520 g/mol. The number of amides is 1. The summed E-state index contributed by atoms with van der Waals surface area (Å²) in [5.74, 6) is 0.278. The van der Waals surface area contributed by atoms with Gasteiger partial charge < -0.3 is 15.1 Å². The summed E-state index contributed by atoms with van der Waals surface area (Å²) in [5, 5.41) is 20.3. The van der Waals surface area contributed by atoms with Crippen LogP contribution in [0, 0.1) is 33.0 Å². The summed E-state index contributed by atoms with van der Waals surface area (Å²) in [6.45, 7) is 14.7. The molecule has 1 heterocycles. The third-order valence-corrected chi connectivity index (χ3v) is 12.8. The van der Waals surface area contributed by atoms with Gasteiger partial charge in [-0.1, -0.05) is 52.3 Å². The molecule has 206 valence electrons. The molecule has 5 heteroatoms. The van der Waals surface area contributed by atoms with Crippen molar-refractivity contribution in [3.8, 4) is 0 Å². The van der Waals surface area contributed by atoms with E-state index in [9.17, 15) is 19.8 Å². The highest BCUT2D eigenvalue weighted by molar-refractivity contribution is 6.06. The Kier molecular flexibility index (Phi) is 5.47. The number of aliphatic hydroxyl groups is 2. The summed E-state index contributed by atoms with van der Waals surface area (Å²) in [4.78, 5) is 28.3. The van der Waals surface area contributed by atoms with Gasteiger partial charge in [-0.25, -0.2) is 0 Å². The number of nitrogens with zero attached hydrogens (tertiary/aromatic N) is 1. The third kappa shape index (κ3) is 3.09. The molecular formula is C33H45NO4. The van der Waals surface area contributed by atoms with Crippen LogP contribution < -0.4 is 0 Å². The predicted molar refractivity (Wildman–Crippen MR) is 148 cm³/mol. The lowest BCUT2D eigenvalue weighted by molar-refractivity contribution is -0.185. The average Bonchev–Trinajstić information content (AvgIpc) is 2.86. The number of carbonyl (C=O) groups is 2. The second-order valence-electron chi connectivity index (χ2n) is 14.6. The Balaban J connectivity index is 1.43. The number of allylic oxidation sites excluding steroid dienone is 7. The normalized spacial score (nSPS) is 44.6.